The van der Waals surface area contributed by atoms with Crippen LogP contribution in [0.25, 0.3) is 11.3 Å². The summed E-state index contributed by atoms with van der Waals surface area (Å²) < 4.78 is 2.16. The second kappa shape index (κ2) is 10.1. The summed E-state index contributed by atoms with van der Waals surface area (Å²) in [6, 6.07) is 31.8. The van der Waals surface area contributed by atoms with Crippen LogP contribution < -0.4 is 5.73 Å². The average Bonchev–Trinajstić information content (AvgIpc) is 3.28. The van der Waals surface area contributed by atoms with Gasteiger partial charge in [-0.3, -0.25) is 4.68 Å². The van der Waals surface area contributed by atoms with E-state index in [1.807, 2.05) is 12.1 Å². The Morgan fingerprint density at radius 2 is 1.42 bits per heavy atom. The number of rotatable bonds is 7. The van der Waals surface area contributed by atoms with E-state index < -0.39 is 0 Å². The minimum absolute atomic E-state index is 0.516. The lowest BCUT2D eigenvalue weighted by atomic mass is 9.93. The minimum Gasteiger partial charge on any atom is -0.399 e. The molecule has 0 radical (unpaired) electrons. The quantitative estimate of drug-likeness (QED) is 0.384. The van der Waals surface area contributed by atoms with Crippen LogP contribution in [0.3, 0.4) is 0 Å². The van der Waals surface area contributed by atoms with Crippen LogP contribution in [-0.2, 0) is 13.0 Å². The highest BCUT2D eigenvalue weighted by Gasteiger charge is 2.24. The summed E-state index contributed by atoms with van der Waals surface area (Å²) >= 11 is 0. The maximum Gasteiger partial charge on any atom is 0.0689 e. The molecule has 0 amide bonds. The highest BCUT2D eigenvalue weighted by Crippen LogP contribution is 2.31. The zero-order valence-corrected chi connectivity index (χ0v) is 19.1. The van der Waals surface area contributed by atoms with Crippen LogP contribution in [0.2, 0.25) is 0 Å². The van der Waals surface area contributed by atoms with Gasteiger partial charge in [-0.05, 0) is 67.2 Å². The standard InChI is InChI=1S/C29H32N4/c30-27-13-11-26(12-14-27)29-21-28(31-33(29)22-24-9-5-2-6-10-24)25-16-19-32(20-17-25)18-15-23-7-3-1-4-8-23/h1-14,21,25H,15-20,22,30H2. The molecule has 33 heavy (non-hydrogen) atoms. The van der Waals surface area contributed by atoms with Gasteiger partial charge >= 0.3 is 0 Å². The number of nitrogens with two attached hydrogens (primary N) is 1. The van der Waals surface area contributed by atoms with Crippen LogP contribution in [0.15, 0.2) is 91.0 Å². The molecule has 4 aromatic rings. The maximum absolute atomic E-state index is 5.94. The Morgan fingerprint density at radius 3 is 2.09 bits per heavy atom. The first-order valence-electron chi connectivity index (χ1n) is 12.0. The van der Waals surface area contributed by atoms with Gasteiger partial charge in [-0.15, -0.1) is 0 Å². The molecular weight excluding hydrogens is 404 g/mol. The molecule has 1 aliphatic rings. The van der Waals surface area contributed by atoms with Crippen molar-refractivity contribution in [1.82, 2.24) is 14.7 Å². The third kappa shape index (κ3) is 5.35. The summed E-state index contributed by atoms with van der Waals surface area (Å²) in [5.41, 5.74) is 13.0. The van der Waals surface area contributed by atoms with Gasteiger partial charge in [0.25, 0.3) is 0 Å². The lowest BCUT2D eigenvalue weighted by Gasteiger charge is -2.31. The first kappa shape index (κ1) is 21.5. The molecule has 2 heterocycles. The fourth-order valence-corrected chi connectivity index (χ4v) is 4.78. The van der Waals surface area contributed by atoms with Crippen LogP contribution in [0, 0.1) is 0 Å². The molecule has 1 aromatic heterocycles. The maximum atomic E-state index is 5.94. The van der Waals surface area contributed by atoms with Gasteiger partial charge in [0.2, 0.25) is 0 Å². The molecule has 5 rings (SSSR count). The first-order chi connectivity index (χ1) is 16.2. The minimum atomic E-state index is 0.516. The van der Waals surface area contributed by atoms with Crippen molar-refractivity contribution < 1.29 is 0 Å². The van der Waals surface area contributed by atoms with Gasteiger partial charge in [-0.1, -0.05) is 72.8 Å². The summed E-state index contributed by atoms with van der Waals surface area (Å²) in [4.78, 5) is 2.60. The van der Waals surface area contributed by atoms with Crippen molar-refractivity contribution in [3.63, 3.8) is 0 Å². The third-order valence-corrected chi connectivity index (χ3v) is 6.75. The van der Waals surface area contributed by atoms with E-state index in [9.17, 15) is 0 Å². The summed E-state index contributed by atoms with van der Waals surface area (Å²) in [6.45, 7) is 4.19. The van der Waals surface area contributed by atoms with E-state index in [-0.39, 0.29) is 0 Å². The van der Waals surface area contributed by atoms with E-state index >= 15 is 0 Å². The largest absolute Gasteiger partial charge is 0.399 e. The Labute approximate surface area is 196 Å². The van der Waals surface area contributed by atoms with Crippen molar-refractivity contribution in [1.29, 1.82) is 0 Å². The fraction of sp³-hybridized carbons (Fsp3) is 0.276. The second-order valence-electron chi connectivity index (χ2n) is 9.07. The lowest BCUT2D eigenvalue weighted by Crippen LogP contribution is -2.34. The molecule has 0 unspecified atom stereocenters. The predicted molar refractivity (Wildman–Crippen MR) is 136 cm³/mol. The molecule has 1 aliphatic heterocycles. The molecule has 168 valence electrons. The summed E-state index contributed by atoms with van der Waals surface area (Å²) in [5.74, 6) is 0.516. The molecule has 0 aliphatic carbocycles. The molecule has 0 bridgehead atoms. The Morgan fingerprint density at radius 1 is 0.788 bits per heavy atom. The molecule has 3 aromatic carbocycles. The molecule has 2 N–H and O–H groups in total. The van der Waals surface area contributed by atoms with Gasteiger partial charge in [-0.25, -0.2) is 0 Å². The van der Waals surface area contributed by atoms with E-state index in [2.05, 4.69) is 88.4 Å². The van der Waals surface area contributed by atoms with Crippen molar-refractivity contribution >= 4 is 5.69 Å². The Hall–Kier alpha value is -3.37. The highest BCUT2D eigenvalue weighted by molar-refractivity contribution is 5.63. The molecule has 4 nitrogen and oxygen atoms in total. The van der Waals surface area contributed by atoms with E-state index in [1.165, 1.54) is 28.1 Å². The molecule has 1 fully saturated rings. The van der Waals surface area contributed by atoms with Crippen LogP contribution in [-0.4, -0.2) is 34.3 Å². The van der Waals surface area contributed by atoms with Crippen LogP contribution in [0.1, 0.15) is 35.6 Å². The molecule has 1 saturated heterocycles. The normalized spacial score (nSPS) is 15.0. The number of hydrogen-bond donors (Lipinski definition) is 1. The average molecular weight is 437 g/mol. The van der Waals surface area contributed by atoms with Gasteiger partial charge < -0.3 is 10.6 Å². The smallest absolute Gasteiger partial charge is 0.0689 e. The zero-order chi connectivity index (χ0) is 22.5. The Bertz CT molecular complexity index is 1140. The predicted octanol–water partition coefficient (Wildman–Crippen LogP) is 5.60. The summed E-state index contributed by atoms with van der Waals surface area (Å²) in [7, 11) is 0. The second-order valence-corrected chi connectivity index (χ2v) is 9.07. The highest BCUT2D eigenvalue weighted by atomic mass is 15.3. The summed E-state index contributed by atoms with van der Waals surface area (Å²) in [6.07, 6.45) is 3.45. The molecule has 0 spiro atoms. The lowest BCUT2D eigenvalue weighted by molar-refractivity contribution is 0.213. The van der Waals surface area contributed by atoms with E-state index in [1.54, 1.807) is 0 Å². The summed E-state index contributed by atoms with van der Waals surface area (Å²) in [5, 5.41) is 5.11. The van der Waals surface area contributed by atoms with Crippen LogP contribution in [0.5, 0.6) is 0 Å². The monoisotopic (exact) mass is 436 g/mol. The van der Waals surface area contributed by atoms with E-state index in [4.69, 9.17) is 10.8 Å². The van der Waals surface area contributed by atoms with Crippen molar-refractivity contribution in [2.45, 2.75) is 31.7 Å². The van der Waals surface area contributed by atoms with Gasteiger partial charge in [0.15, 0.2) is 0 Å². The Kier molecular flexibility index (Phi) is 6.54. The van der Waals surface area contributed by atoms with Gasteiger partial charge in [0.05, 0.1) is 17.9 Å². The molecule has 4 heteroatoms. The van der Waals surface area contributed by atoms with Crippen molar-refractivity contribution in [2.24, 2.45) is 0 Å². The van der Waals surface area contributed by atoms with Gasteiger partial charge in [0.1, 0.15) is 0 Å². The first-order valence-corrected chi connectivity index (χ1v) is 12.0. The number of nitrogen functional groups attached to an aromatic ring is 1. The SMILES string of the molecule is Nc1ccc(-c2cc(C3CCN(CCc4ccccc4)CC3)nn2Cc2ccccc2)cc1. The number of benzene rings is 3. The topological polar surface area (TPSA) is 47.1 Å². The number of nitrogens with zero attached hydrogens (tertiary/aromatic N) is 3. The van der Waals surface area contributed by atoms with Crippen molar-refractivity contribution in [3.8, 4) is 11.3 Å². The number of aromatic nitrogens is 2. The van der Waals surface area contributed by atoms with Crippen LogP contribution >= 0.6 is 0 Å². The number of anilines is 1. The number of likely N-dealkylation sites (tertiary alicyclic amines) is 1. The Balaban J connectivity index is 1.30. The fourth-order valence-electron chi connectivity index (χ4n) is 4.78. The van der Waals surface area contributed by atoms with Gasteiger partial charge in [-0.2, -0.15) is 5.10 Å². The van der Waals surface area contributed by atoms with Crippen molar-refractivity contribution in [2.75, 3.05) is 25.4 Å². The van der Waals surface area contributed by atoms with Gasteiger partial charge in [0, 0.05) is 18.2 Å². The third-order valence-electron chi connectivity index (χ3n) is 6.75. The van der Waals surface area contributed by atoms with Crippen molar-refractivity contribution in [3.05, 3.63) is 108 Å². The number of hydrogen-bond acceptors (Lipinski definition) is 3. The molecular formula is C29H32N4. The molecule has 0 saturated carbocycles. The van der Waals surface area contributed by atoms with E-state index in [0.29, 0.717) is 5.92 Å². The van der Waals surface area contributed by atoms with Crippen LogP contribution in [0.4, 0.5) is 5.69 Å². The number of piperidine rings is 1. The van der Waals surface area contributed by atoms with E-state index in [0.717, 1.165) is 51.1 Å². The molecule has 0 atom stereocenters. The zero-order valence-electron chi connectivity index (χ0n) is 19.1.